The van der Waals surface area contributed by atoms with Crippen LogP contribution in [0, 0.1) is 0 Å². The van der Waals surface area contributed by atoms with Gasteiger partial charge in [-0.25, -0.2) is 0 Å². The molecule has 0 amide bonds. The third-order valence-electron chi connectivity index (χ3n) is 12.9. The molecule has 0 saturated heterocycles. The van der Waals surface area contributed by atoms with E-state index in [4.69, 9.17) is 14.2 Å². The summed E-state index contributed by atoms with van der Waals surface area (Å²) in [5, 5.41) is 0. The summed E-state index contributed by atoms with van der Waals surface area (Å²) in [4.78, 5) is 38.0. The first kappa shape index (κ1) is 60.4. The van der Waals surface area contributed by atoms with Crippen molar-refractivity contribution >= 4 is 17.9 Å². The maximum absolute atomic E-state index is 12.8. The predicted octanol–water partition coefficient (Wildman–Crippen LogP) is 18.4. The van der Waals surface area contributed by atoms with Gasteiger partial charge in [-0.3, -0.25) is 14.4 Å². The molecule has 0 aliphatic rings. The summed E-state index contributed by atoms with van der Waals surface area (Å²) >= 11 is 0. The minimum absolute atomic E-state index is 0.0615. The van der Waals surface area contributed by atoms with E-state index in [0.29, 0.717) is 19.3 Å². The lowest BCUT2D eigenvalue weighted by atomic mass is 10.0. The van der Waals surface area contributed by atoms with Crippen molar-refractivity contribution in [3.8, 4) is 0 Å². The fraction of sp³-hybridized carbons (Fsp3) is 0.946. The third kappa shape index (κ3) is 49.4. The van der Waals surface area contributed by atoms with Gasteiger partial charge in [-0.1, -0.05) is 284 Å². The Morgan fingerprint density at radius 2 is 0.435 bits per heavy atom. The Kier molecular flexibility index (Phi) is 50.7. The van der Waals surface area contributed by atoms with Crippen LogP contribution < -0.4 is 0 Å². The van der Waals surface area contributed by atoms with Crippen LogP contribution in [0.3, 0.4) is 0 Å². The van der Waals surface area contributed by atoms with Crippen molar-refractivity contribution in [2.45, 2.75) is 329 Å². The summed E-state index contributed by atoms with van der Waals surface area (Å²) in [7, 11) is 0. The van der Waals surface area contributed by atoms with Crippen molar-refractivity contribution in [2.75, 3.05) is 13.2 Å². The Labute approximate surface area is 387 Å². The molecule has 0 fully saturated rings. The van der Waals surface area contributed by atoms with Gasteiger partial charge in [0.1, 0.15) is 13.2 Å². The van der Waals surface area contributed by atoms with E-state index in [1.54, 1.807) is 0 Å². The highest BCUT2D eigenvalue weighted by Crippen LogP contribution is 2.17. The number of ether oxygens (including phenoxy) is 3. The van der Waals surface area contributed by atoms with Gasteiger partial charge in [0.15, 0.2) is 6.10 Å². The van der Waals surface area contributed by atoms with Crippen molar-refractivity contribution in [3.63, 3.8) is 0 Å². The number of hydrogen-bond donors (Lipinski definition) is 0. The minimum Gasteiger partial charge on any atom is -0.462 e. The van der Waals surface area contributed by atoms with Crippen LogP contribution in [0.4, 0.5) is 0 Å². The number of unbranched alkanes of at least 4 members (excludes halogenated alkanes) is 41. The number of carbonyl (C=O) groups excluding carboxylic acids is 3. The Morgan fingerprint density at radius 1 is 0.258 bits per heavy atom. The topological polar surface area (TPSA) is 78.9 Å². The van der Waals surface area contributed by atoms with Gasteiger partial charge in [0.25, 0.3) is 0 Å². The molecule has 6 nitrogen and oxygen atoms in total. The summed E-state index contributed by atoms with van der Waals surface area (Å²) in [5.41, 5.74) is 0. The molecule has 0 saturated carbocycles. The zero-order chi connectivity index (χ0) is 45.1. The van der Waals surface area contributed by atoms with Crippen molar-refractivity contribution in [1.82, 2.24) is 0 Å². The SMILES string of the molecule is CCCCCCCCCCCCCCCCCCCCCCCC(=O)OC[C@H](COC(=O)CCCCCCCCCCCCCC)OC(=O)CCCCCCCCCCCCC. The highest BCUT2D eigenvalue weighted by molar-refractivity contribution is 5.71. The smallest absolute Gasteiger partial charge is 0.306 e. The molecule has 0 radical (unpaired) electrons. The molecule has 0 N–H and O–H groups in total. The molecule has 62 heavy (non-hydrogen) atoms. The molecule has 0 spiro atoms. The molecular formula is C56H108O6. The van der Waals surface area contributed by atoms with Crippen molar-refractivity contribution in [2.24, 2.45) is 0 Å². The molecule has 0 aliphatic carbocycles. The normalized spacial score (nSPS) is 11.9. The van der Waals surface area contributed by atoms with Crippen LogP contribution in [-0.4, -0.2) is 37.2 Å². The van der Waals surface area contributed by atoms with E-state index in [1.165, 1.54) is 225 Å². The van der Waals surface area contributed by atoms with Crippen molar-refractivity contribution in [1.29, 1.82) is 0 Å². The average Bonchev–Trinajstić information content (AvgIpc) is 3.27. The maximum atomic E-state index is 12.8. The fourth-order valence-electron chi connectivity index (χ4n) is 8.62. The molecule has 0 aromatic heterocycles. The molecule has 0 bridgehead atoms. The number of carbonyl (C=O) groups is 3. The van der Waals surface area contributed by atoms with Gasteiger partial charge in [-0.2, -0.15) is 0 Å². The first-order valence-electron chi connectivity index (χ1n) is 28.0. The Bertz CT molecular complexity index is 920. The largest absolute Gasteiger partial charge is 0.462 e. The lowest BCUT2D eigenvalue weighted by Gasteiger charge is -2.18. The summed E-state index contributed by atoms with van der Waals surface area (Å²) in [6.45, 7) is 6.68. The van der Waals surface area contributed by atoms with E-state index >= 15 is 0 Å². The second-order valence-corrected chi connectivity index (χ2v) is 19.2. The molecule has 0 aromatic carbocycles. The zero-order valence-corrected chi connectivity index (χ0v) is 42.2. The lowest BCUT2D eigenvalue weighted by molar-refractivity contribution is -0.167. The molecule has 1 atom stereocenters. The van der Waals surface area contributed by atoms with E-state index < -0.39 is 6.10 Å². The third-order valence-corrected chi connectivity index (χ3v) is 12.9. The quantitative estimate of drug-likeness (QED) is 0.0344. The highest BCUT2D eigenvalue weighted by atomic mass is 16.6. The maximum Gasteiger partial charge on any atom is 0.306 e. The van der Waals surface area contributed by atoms with Gasteiger partial charge in [-0.15, -0.1) is 0 Å². The van der Waals surface area contributed by atoms with E-state index in [0.717, 1.165) is 57.8 Å². The van der Waals surface area contributed by atoms with Gasteiger partial charge in [0.05, 0.1) is 0 Å². The lowest BCUT2D eigenvalue weighted by Crippen LogP contribution is -2.30. The van der Waals surface area contributed by atoms with Crippen LogP contribution in [0.15, 0.2) is 0 Å². The van der Waals surface area contributed by atoms with Crippen LogP contribution in [0.5, 0.6) is 0 Å². The molecule has 0 heterocycles. The molecule has 368 valence electrons. The van der Waals surface area contributed by atoms with Gasteiger partial charge in [0, 0.05) is 19.3 Å². The second kappa shape index (κ2) is 52.0. The monoisotopic (exact) mass is 877 g/mol. The van der Waals surface area contributed by atoms with Gasteiger partial charge < -0.3 is 14.2 Å². The number of esters is 3. The van der Waals surface area contributed by atoms with E-state index in [1.807, 2.05) is 0 Å². The average molecular weight is 877 g/mol. The standard InChI is InChI=1S/C56H108O6/c1-4-7-10-13-16-19-22-24-25-26-27-28-29-30-31-32-35-37-40-43-46-49-55(58)61-52-53(62-56(59)50-47-44-41-38-33-21-18-15-12-9-6-3)51-60-54(57)48-45-42-39-36-34-23-20-17-14-11-8-5-2/h53H,4-52H2,1-3H3/t53-/m0/s1. The summed E-state index contributed by atoms with van der Waals surface area (Å²) in [6.07, 6.45) is 56.7. The van der Waals surface area contributed by atoms with Gasteiger partial charge >= 0.3 is 17.9 Å². The van der Waals surface area contributed by atoms with Gasteiger partial charge in [-0.05, 0) is 19.3 Å². The molecule has 0 unspecified atom stereocenters. The first-order valence-corrected chi connectivity index (χ1v) is 28.0. The van der Waals surface area contributed by atoms with Crippen LogP contribution in [-0.2, 0) is 28.6 Å². The Balaban J connectivity index is 4.18. The summed E-state index contributed by atoms with van der Waals surface area (Å²) in [6, 6.07) is 0. The molecule has 0 aromatic rings. The molecule has 6 heteroatoms. The summed E-state index contributed by atoms with van der Waals surface area (Å²) < 4.78 is 16.8. The first-order chi connectivity index (χ1) is 30.5. The Hall–Kier alpha value is -1.59. The van der Waals surface area contributed by atoms with Crippen molar-refractivity contribution in [3.05, 3.63) is 0 Å². The minimum atomic E-state index is -0.759. The highest BCUT2D eigenvalue weighted by Gasteiger charge is 2.19. The van der Waals surface area contributed by atoms with Crippen LogP contribution in [0.1, 0.15) is 323 Å². The van der Waals surface area contributed by atoms with E-state index in [-0.39, 0.29) is 31.1 Å². The molecule has 0 rings (SSSR count). The second-order valence-electron chi connectivity index (χ2n) is 19.2. The van der Waals surface area contributed by atoms with Crippen LogP contribution >= 0.6 is 0 Å². The van der Waals surface area contributed by atoms with Gasteiger partial charge in [0.2, 0.25) is 0 Å². The molecular weight excluding hydrogens is 769 g/mol. The number of rotatable bonds is 52. The van der Waals surface area contributed by atoms with E-state index in [9.17, 15) is 14.4 Å². The van der Waals surface area contributed by atoms with E-state index in [2.05, 4.69) is 20.8 Å². The van der Waals surface area contributed by atoms with Crippen molar-refractivity contribution < 1.29 is 28.6 Å². The Morgan fingerprint density at radius 3 is 0.645 bits per heavy atom. The zero-order valence-electron chi connectivity index (χ0n) is 42.2. The van der Waals surface area contributed by atoms with Crippen LogP contribution in [0.25, 0.3) is 0 Å². The predicted molar refractivity (Wildman–Crippen MR) is 266 cm³/mol. The fourth-order valence-corrected chi connectivity index (χ4v) is 8.62. The van der Waals surface area contributed by atoms with Crippen LogP contribution in [0.2, 0.25) is 0 Å². The number of hydrogen-bond acceptors (Lipinski definition) is 6. The summed E-state index contributed by atoms with van der Waals surface area (Å²) in [5.74, 6) is -0.838. The molecule has 0 aliphatic heterocycles.